The molecule has 1 saturated carbocycles. The SMILES string of the molecule is CCn1ncc(NC(=O)CC2CCCCC2)c(N2CCCCC2)c1=O. The molecular weight excluding hydrogens is 316 g/mol. The predicted molar refractivity (Wildman–Crippen MR) is 100 cm³/mol. The Morgan fingerprint density at radius 3 is 2.52 bits per heavy atom. The number of anilines is 2. The summed E-state index contributed by atoms with van der Waals surface area (Å²) in [5, 5.41) is 7.21. The van der Waals surface area contributed by atoms with E-state index in [4.69, 9.17) is 0 Å². The van der Waals surface area contributed by atoms with E-state index in [1.54, 1.807) is 6.20 Å². The first-order valence-electron chi connectivity index (χ1n) is 9.84. The van der Waals surface area contributed by atoms with E-state index in [1.807, 2.05) is 6.92 Å². The van der Waals surface area contributed by atoms with Gasteiger partial charge in [0.15, 0.2) is 0 Å². The Balaban J connectivity index is 1.78. The molecule has 1 aromatic heterocycles. The van der Waals surface area contributed by atoms with E-state index in [0.717, 1.165) is 38.8 Å². The Kier molecular flexibility index (Phi) is 6.10. The lowest BCUT2D eigenvalue weighted by atomic mass is 9.87. The second-order valence-electron chi connectivity index (χ2n) is 7.33. The minimum absolute atomic E-state index is 0.0145. The highest BCUT2D eigenvalue weighted by atomic mass is 16.2. The summed E-state index contributed by atoms with van der Waals surface area (Å²) < 4.78 is 1.47. The van der Waals surface area contributed by atoms with E-state index in [1.165, 1.54) is 30.4 Å². The van der Waals surface area contributed by atoms with Gasteiger partial charge in [0.1, 0.15) is 5.69 Å². The number of hydrogen-bond acceptors (Lipinski definition) is 4. The lowest BCUT2D eigenvalue weighted by Crippen LogP contribution is -2.37. The maximum absolute atomic E-state index is 12.8. The minimum Gasteiger partial charge on any atom is -0.365 e. The highest BCUT2D eigenvalue weighted by Gasteiger charge is 2.22. The quantitative estimate of drug-likeness (QED) is 0.889. The Hall–Kier alpha value is -1.85. The molecule has 1 aromatic rings. The van der Waals surface area contributed by atoms with Crippen LogP contribution in [0.4, 0.5) is 11.4 Å². The van der Waals surface area contributed by atoms with Gasteiger partial charge in [0, 0.05) is 26.1 Å². The van der Waals surface area contributed by atoms with Gasteiger partial charge in [-0.3, -0.25) is 9.59 Å². The van der Waals surface area contributed by atoms with Gasteiger partial charge in [-0.05, 0) is 44.9 Å². The Morgan fingerprint density at radius 2 is 1.84 bits per heavy atom. The molecule has 0 unspecified atom stereocenters. The Morgan fingerprint density at radius 1 is 1.16 bits per heavy atom. The average molecular weight is 346 g/mol. The fourth-order valence-corrected chi connectivity index (χ4v) is 4.07. The van der Waals surface area contributed by atoms with E-state index >= 15 is 0 Å². The van der Waals surface area contributed by atoms with Gasteiger partial charge in [0.05, 0.1) is 11.9 Å². The molecule has 0 radical (unpaired) electrons. The Labute approximate surface area is 149 Å². The summed E-state index contributed by atoms with van der Waals surface area (Å²) in [6, 6.07) is 0. The lowest BCUT2D eigenvalue weighted by Gasteiger charge is -2.30. The zero-order valence-corrected chi connectivity index (χ0v) is 15.3. The third kappa shape index (κ3) is 4.41. The molecule has 0 aromatic carbocycles. The van der Waals surface area contributed by atoms with Crippen molar-refractivity contribution in [3.05, 3.63) is 16.6 Å². The third-order valence-electron chi connectivity index (χ3n) is 5.46. The van der Waals surface area contributed by atoms with Crippen LogP contribution >= 0.6 is 0 Å². The van der Waals surface area contributed by atoms with Crippen molar-refractivity contribution in [3.63, 3.8) is 0 Å². The van der Waals surface area contributed by atoms with Crippen LogP contribution in [-0.4, -0.2) is 28.8 Å². The van der Waals surface area contributed by atoms with Crippen molar-refractivity contribution >= 4 is 17.3 Å². The standard InChI is InChI=1S/C19H30N4O2/c1-2-23-19(25)18(22-11-7-4-8-12-22)16(14-20-23)21-17(24)13-15-9-5-3-6-10-15/h14-15H,2-13H2,1H3,(H,21,24). The molecular formula is C19H30N4O2. The second kappa shape index (κ2) is 8.50. The molecule has 0 atom stereocenters. The van der Waals surface area contributed by atoms with Crippen molar-refractivity contribution in [1.82, 2.24) is 9.78 Å². The van der Waals surface area contributed by atoms with Gasteiger partial charge in [-0.2, -0.15) is 5.10 Å². The van der Waals surface area contributed by atoms with Crippen LogP contribution in [0, 0.1) is 5.92 Å². The molecule has 138 valence electrons. The topological polar surface area (TPSA) is 67.2 Å². The molecule has 25 heavy (non-hydrogen) atoms. The van der Waals surface area contributed by atoms with Gasteiger partial charge in [-0.15, -0.1) is 0 Å². The van der Waals surface area contributed by atoms with E-state index in [0.29, 0.717) is 30.3 Å². The maximum atomic E-state index is 12.8. The van der Waals surface area contributed by atoms with Crippen LogP contribution < -0.4 is 15.8 Å². The zero-order chi connectivity index (χ0) is 17.6. The summed E-state index contributed by atoms with van der Waals surface area (Å²) in [6.07, 6.45) is 11.6. The first-order chi connectivity index (χ1) is 12.2. The third-order valence-corrected chi connectivity index (χ3v) is 5.46. The molecule has 1 saturated heterocycles. The van der Waals surface area contributed by atoms with Crippen LogP contribution in [0.1, 0.15) is 64.7 Å². The number of nitrogens with one attached hydrogen (secondary N) is 1. The summed E-state index contributed by atoms with van der Waals surface area (Å²) in [7, 11) is 0. The van der Waals surface area contributed by atoms with Crippen molar-refractivity contribution in [3.8, 4) is 0 Å². The van der Waals surface area contributed by atoms with Crippen molar-refractivity contribution in [1.29, 1.82) is 0 Å². The van der Waals surface area contributed by atoms with Crippen molar-refractivity contribution in [2.24, 2.45) is 5.92 Å². The first-order valence-corrected chi connectivity index (χ1v) is 9.84. The first kappa shape index (κ1) is 18.0. The van der Waals surface area contributed by atoms with E-state index in [9.17, 15) is 9.59 Å². The Bertz CT molecular complexity index is 643. The van der Waals surface area contributed by atoms with E-state index < -0.39 is 0 Å². The highest BCUT2D eigenvalue weighted by Crippen LogP contribution is 2.28. The number of amides is 1. The van der Waals surface area contributed by atoms with Gasteiger partial charge >= 0.3 is 0 Å². The van der Waals surface area contributed by atoms with Crippen LogP contribution in [0.3, 0.4) is 0 Å². The molecule has 2 aliphatic rings. The molecule has 6 nitrogen and oxygen atoms in total. The number of aryl methyl sites for hydroxylation is 1. The summed E-state index contributed by atoms with van der Waals surface area (Å²) in [4.78, 5) is 27.4. The largest absolute Gasteiger partial charge is 0.365 e. The number of aromatic nitrogens is 2. The van der Waals surface area contributed by atoms with Crippen LogP contribution in [0.5, 0.6) is 0 Å². The normalized spacial score (nSPS) is 19.0. The molecule has 2 fully saturated rings. The molecule has 6 heteroatoms. The molecule has 2 heterocycles. The number of carbonyl (C=O) groups is 1. The molecule has 0 spiro atoms. The summed E-state index contributed by atoms with van der Waals surface area (Å²) >= 11 is 0. The summed E-state index contributed by atoms with van der Waals surface area (Å²) in [5.74, 6) is 0.497. The van der Waals surface area contributed by atoms with Gasteiger partial charge in [0.25, 0.3) is 5.56 Å². The molecule has 0 bridgehead atoms. The zero-order valence-electron chi connectivity index (χ0n) is 15.3. The number of nitrogens with zero attached hydrogens (tertiary/aromatic N) is 3. The van der Waals surface area contributed by atoms with Gasteiger partial charge in [0.2, 0.25) is 5.91 Å². The van der Waals surface area contributed by atoms with Crippen LogP contribution in [0.15, 0.2) is 11.0 Å². The molecule has 3 rings (SSSR count). The van der Waals surface area contributed by atoms with Crippen molar-refractivity contribution in [2.45, 2.75) is 71.3 Å². The smallest absolute Gasteiger partial charge is 0.292 e. The van der Waals surface area contributed by atoms with Crippen LogP contribution in [0.2, 0.25) is 0 Å². The maximum Gasteiger partial charge on any atom is 0.292 e. The number of rotatable bonds is 5. The van der Waals surface area contributed by atoms with E-state index in [-0.39, 0.29) is 11.5 Å². The molecule has 1 aliphatic heterocycles. The monoisotopic (exact) mass is 346 g/mol. The predicted octanol–water partition coefficient (Wildman–Crippen LogP) is 3.16. The summed E-state index contributed by atoms with van der Waals surface area (Å²) in [5.41, 5.74) is 1.10. The highest BCUT2D eigenvalue weighted by molar-refractivity contribution is 5.94. The number of hydrogen-bond donors (Lipinski definition) is 1. The molecule has 1 amide bonds. The van der Waals surface area contributed by atoms with Crippen LogP contribution in [-0.2, 0) is 11.3 Å². The fourth-order valence-electron chi connectivity index (χ4n) is 4.07. The van der Waals surface area contributed by atoms with Gasteiger partial charge in [-0.25, -0.2) is 4.68 Å². The van der Waals surface area contributed by atoms with Crippen molar-refractivity contribution in [2.75, 3.05) is 23.3 Å². The fraction of sp³-hybridized carbons (Fsp3) is 0.737. The minimum atomic E-state index is -0.0973. The molecule has 1 aliphatic carbocycles. The van der Waals surface area contributed by atoms with E-state index in [2.05, 4.69) is 15.3 Å². The molecule has 1 N–H and O–H groups in total. The number of carbonyl (C=O) groups excluding carboxylic acids is 1. The lowest BCUT2D eigenvalue weighted by molar-refractivity contribution is -0.117. The van der Waals surface area contributed by atoms with Gasteiger partial charge in [-0.1, -0.05) is 19.3 Å². The van der Waals surface area contributed by atoms with Crippen LogP contribution in [0.25, 0.3) is 0 Å². The van der Waals surface area contributed by atoms with Crippen molar-refractivity contribution < 1.29 is 4.79 Å². The average Bonchev–Trinajstić information content (AvgIpc) is 2.63. The van der Waals surface area contributed by atoms with Gasteiger partial charge < -0.3 is 10.2 Å². The second-order valence-corrected chi connectivity index (χ2v) is 7.33. The number of piperidine rings is 1. The summed E-state index contributed by atoms with van der Waals surface area (Å²) in [6.45, 7) is 4.19.